The summed E-state index contributed by atoms with van der Waals surface area (Å²) in [6.45, 7) is 0.852. The van der Waals surface area contributed by atoms with Crippen LogP contribution in [0.15, 0.2) is 46.9 Å². The third-order valence-corrected chi connectivity index (χ3v) is 4.71. The summed E-state index contributed by atoms with van der Waals surface area (Å²) in [4.78, 5) is 0. The number of halogens is 2. The van der Waals surface area contributed by atoms with Gasteiger partial charge in [0.05, 0.1) is 5.02 Å². The molecule has 2 aromatic rings. The van der Waals surface area contributed by atoms with E-state index >= 15 is 0 Å². The van der Waals surface area contributed by atoms with Crippen molar-refractivity contribution in [1.29, 1.82) is 0 Å². The van der Waals surface area contributed by atoms with Crippen molar-refractivity contribution in [2.75, 3.05) is 5.32 Å². The predicted octanol–water partition coefficient (Wildman–Crippen LogP) is 5.59. The van der Waals surface area contributed by atoms with Gasteiger partial charge in [-0.05, 0) is 64.0 Å². The summed E-state index contributed by atoms with van der Waals surface area (Å²) in [5, 5.41) is 4.18. The Morgan fingerprint density at radius 3 is 2.68 bits per heavy atom. The Morgan fingerprint density at radius 2 is 1.95 bits per heavy atom. The van der Waals surface area contributed by atoms with Crippen LogP contribution in [0, 0.1) is 0 Å². The van der Waals surface area contributed by atoms with Gasteiger partial charge < -0.3 is 5.32 Å². The van der Waals surface area contributed by atoms with Crippen molar-refractivity contribution >= 4 is 33.2 Å². The van der Waals surface area contributed by atoms with Gasteiger partial charge >= 0.3 is 0 Å². The highest BCUT2D eigenvalue weighted by Crippen LogP contribution is 2.41. The summed E-state index contributed by atoms with van der Waals surface area (Å²) in [7, 11) is 0. The molecule has 1 N–H and O–H groups in total. The lowest BCUT2D eigenvalue weighted by atomic mass is 10.0. The molecule has 0 heterocycles. The number of rotatable bonds is 4. The lowest BCUT2D eigenvalue weighted by molar-refractivity contribution is 1.04. The Hall–Kier alpha value is -0.990. The number of hydrogen-bond acceptors (Lipinski definition) is 1. The largest absolute Gasteiger partial charge is 0.381 e. The molecule has 0 aliphatic heterocycles. The van der Waals surface area contributed by atoms with Gasteiger partial charge in [-0.25, -0.2) is 0 Å². The third-order valence-electron chi connectivity index (χ3n) is 3.47. The highest BCUT2D eigenvalue weighted by Gasteiger charge is 2.25. The molecular formula is C16H15BrClN. The second-order valence-corrected chi connectivity index (χ2v) is 6.22. The van der Waals surface area contributed by atoms with Crippen molar-refractivity contribution in [3.05, 3.63) is 63.1 Å². The normalized spacial score (nSPS) is 14.4. The van der Waals surface area contributed by atoms with E-state index in [0.717, 1.165) is 27.6 Å². The maximum Gasteiger partial charge on any atom is 0.0568 e. The summed E-state index contributed by atoms with van der Waals surface area (Å²) in [5.41, 5.74) is 3.95. The Balaban J connectivity index is 1.73. The number of nitrogens with one attached hydrogen (secondary N) is 1. The maximum atomic E-state index is 6.10. The summed E-state index contributed by atoms with van der Waals surface area (Å²) >= 11 is 9.51. The van der Waals surface area contributed by atoms with Crippen LogP contribution in [0.3, 0.4) is 0 Å². The van der Waals surface area contributed by atoms with Crippen LogP contribution in [0.5, 0.6) is 0 Å². The molecule has 98 valence electrons. The first kappa shape index (κ1) is 13.0. The molecule has 2 aromatic carbocycles. The first-order valence-corrected chi connectivity index (χ1v) is 7.68. The van der Waals surface area contributed by atoms with Crippen LogP contribution in [0.1, 0.15) is 29.9 Å². The van der Waals surface area contributed by atoms with Gasteiger partial charge in [-0.1, -0.05) is 35.9 Å². The Labute approximate surface area is 127 Å². The average molecular weight is 337 g/mol. The van der Waals surface area contributed by atoms with Crippen LogP contribution in [0.4, 0.5) is 5.69 Å². The topological polar surface area (TPSA) is 12.0 Å². The summed E-state index contributed by atoms with van der Waals surface area (Å²) in [6, 6.07) is 14.7. The maximum absolute atomic E-state index is 6.10. The van der Waals surface area contributed by atoms with Crippen molar-refractivity contribution in [2.24, 2.45) is 0 Å². The zero-order valence-corrected chi connectivity index (χ0v) is 12.8. The second kappa shape index (κ2) is 5.56. The van der Waals surface area contributed by atoms with Gasteiger partial charge in [0.1, 0.15) is 0 Å². The molecule has 0 bridgehead atoms. The summed E-state index contributed by atoms with van der Waals surface area (Å²) in [6.07, 6.45) is 2.67. The van der Waals surface area contributed by atoms with Crippen LogP contribution in [-0.4, -0.2) is 0 Å². The molecule has 0 atom stereocenters. The fourth-order valence-electron chi connectivity index (χ4n) is 2.29. The van der Waals surface area contributed by atoms with Crippen LogP contribution in [-0.2, 0) is 6.54 Å². The first-order chi connectivity index (χ1) is 9.24. The van der Waals surface area contributed by atoms with Crippen molar-refractivity contribution in [3.8, 4) is 0 Å². The van der Waals surface area contributed by atoms with Crippen molar-refractivity contribution < 1.29 is 0 Å². The molecule has 3 rings (SSSR count). The highest BCUT2D eigenvalue weighted by molar-refractivity contribution is 9.10. The summed E-state index contributed by atoms with van der Waals surface area (Å²) < 4.78 is 0.929. The zero-order valence-electron chi connectivity index (χ0n) is 10.5. The minimum absolute atomic E-state index is 0.737. The van der Waals surface area contributed by atoms with E-state index in [0.29, 0.717) is 0 Å². The van der Waals surface area contributed by atoms with Crippen molar-refractivity contribution in [1.82, 2.24) is 0 Å². The zero-order chi connectivity index (χ0) is 13.2. The molecule has 0 radical (unpaired) electrons. The smallest absolute Gasteiger partial charge is 0.0568 e. The fourth-order valence-corrected chi connectivity index (χ4v) is 2.72. The van der Waals surface area contributed by atoms with Gasteiger partial charge in [0.25, 0.3) is 0 Å². The molecule has 1 nitrogen and oxygen atoms in total. The highest BCUT2D eigenvalue weighted by atomic mass is 79.9. The summed E-state index contributed by atoms with van der Waals surface area (Å²) in [5.74, 6) is 0.784. The molecule has 19 heavy (non-hydrogen) atoms. The van der Waals surface area contributed by atoms with E-state index in [2.05, 4.69) is 45.5 Å². The van der Waals surface area contributed by atoms with E-state index in [1.165, 1.54) is 24.0 Å². The molecule has 3 heteroatoms. The quantitative estimate of drug-likeness (QED) is 0.767. The SMILES string of the molecule is Clc1cc(NCc2ccccc2C2CC2)ccc1Br. The number of benzene rings is 2. The average Bonchev–Trinajstić information content (AvgIpc) is 3.25. The van der Waals surface area contributed by atoms with Crippen LogP contribution < -0.4 is 5.32 Å². The molecule has 0 saturated heterocycles. The molecule has 0 spiro atoms. The number of hydrogen-bond donors (Lipinski definition) is 1. The lowest BCUT2D eigenvalue weighted by Crippen LogP contribution is -2.02. The lowest BCUT2D eigenvalue weighted by Gasteiger charge is -2.11. The van der Waals surface area contributed by atoms with Crippen LogP contribution in [0.25, 0.3) is 0 Å². The molecule has 0 unspecified atom stereocenters. The van der Waals surface area contributed by atoms with Gasteiger partial charge in [-0.15, -0.1) is 0 Å². The monoisotopic (exact) mass is 335 g/mol. The van der Waals surface area contributed by atoms with E-state index in [-0.39, 0.29) is 0 Å². The van der Waals surface area contributed by atoms with Crippen LogP contribution >= 0.6 is 27.5 Å². The van der Waals surface area contributed by atoms with E-state index in [1.54, 1.807) is 0 Å². The molecule has 1 fully saturated rings. The minimum atomic E-state index is 0.737. The van der Waals surface area contributed by atoms with Gasteiger partial charge in [0, 0.05) is 16.7 Å². The Kier molecular flexibility index (Phi) is 3.81. The van der Waals surface area contributed by atoms with Gasteiger partial charge in [0.2, 0.25) is 0 Å². The molecule has 0 amide bonds. The molecular weight excluding hydrogens is 322 g/mol. The van der Waals surface area contributed by atoms with Crippen molar-refractivity contribution in [3.63, 3.8) is 0 Å². The van der Waals surface area contributed by atoms with Crippen molar-refractivity contribution in [2.45, 2.75) is 25.3 Å². The van der Waals surface area contributed by atoms with Gasteiger partial charge in [-0.3, -0.25) is 0 Å². The van der Waals surface area contributed by atoms with Gasteiger partial charge in [0.15, 0.2) is 0 Å². The molecule has 1 aliphatic carbocycles. The first-order valence-electron chi connectivity index (χ1n) is 6.51. The molecule has 1 saturated carbocycles. The van der Waals surface area contributed by atoms with E-state index in [4.69, 9.17) is 11.6 Å². The van der Waals surface area contributed by atoms with Crippen LogP contribution in [0.2, 0.25) is 5.02 Å². The predicted molar refractivity (Wildman–Crippen MR) is 84.9 cm³/mol. The fraction of sp³-hybridized carbons (Fsp3) is 0.250. The van der Waals surface area contributed by atoms with Gasteiger partial charge in [-0.2, -0.15) is 0 Å². The molecule has 0 aromatic heterocycles. The Morgan fingerprint density at radius 1 is 1.16 bits per heavy atom. The minimum Gasteiger partial charge on any atom is -0.381 e. The number of anilines is 1. The molecule has 1 aliphatic rings. The Bertz CT molecular complexity index is 593. The third kappa shape index (κ3) is 3.13. The van der Waals surface area contributed by atoms with E-state index in [9.17, 15) is 0 Å². The van der Waals surface area contributed by atoms with E-state index < -0.39 is 0 Å². The second-order valence-electron chi connectivity index (χ2n) is 4.96. The van der Waals surface area contributed by atoms with E-state index in [1.807, 2.05) is 18.2 Å². The standard InChI is InChI=1S/C16H15BrClN/c17-15-8-7-13(9-16(15)18)19-10-12-3-1-2-4-14(12)11-5-6-11/h1-4,7-9,11,19H,5-6,10H2.